The molecule has 4 nitrogen and oxygen atoms in total. The minimum Gasteiger partial charge on any atom is -0.339 e. The molecule has 1 saturated heterocycles. The molecule has 116 valence electrons. The van der Waals surface area contributed by atoms with E-state index < -0.39 is 0 Å². The molecule has 0 unspecified atom stereocenters. The zero-order valence-electron chi connectivity index (χ0n) is 13.2. The second kappa shape index (κ2) is 5.41. The first-order chi connectivity index (χ1) is 10.7. The quantitative estimate of drug-likeness (QED) is 0.854. The Balaban J connectivity index is 1.52. The number of fused-ring (bicyclic) bond motifs is 2. The van der Waals surface area contributed by atoms with Crippen LogP contribution in [-0.4, -0.2) is 32.8 Å². The fraction of sp³-hybridized carbons (Fsp3) is 0.556. The van der Waals surface area contributed by atoms with Gasteiger partial charge in [0.15, 0.2) is 0 Å². The largest absolute Gasteiger partial charge is 0.339 e. The van der Waals surface area contributed by atoms with E-state index in [-0.39, 0.29) is 5.91 Å². The van der Waals surface area contributed by atoms with E-state index in [0.29, 0.717) is 12.5 Å². The van der Waals surface area contributed by atoms with E-state index in [1.54, 1.807) is 0 Å². The van der Waals surface area contributed by atoms with Gasteiger partial charge in [-0.05, 0) is 43.7 Å². The number of aryl methyl sites for hydroxylation is 1. The van der Waals surface area contributed by atoms with Gasteiger partial charge in [0.05, 0.1) is 12.1 Å². The molecule has 2 aliphatic rings. The van der Waals surface area contributed by atoms with Gasteiger partial charge in [0.2, 0.25) is 5.91 Å². The Bertz CT molecular complexity index is 705. The molecule has 1 aliphatic heterocycles. The lowest BCUT2D eigenvalue weighted by atomic mass is 9.85. The van der Waals surface area contributed by atoms with Gasteiger partial charge < -0.3 is 9.30 Å². The molecule has 2 fully saturated rings. The van der Waals surface area contributed by atoms with E-state index in [9.17, 15) is 4.79 Å². The van der Waals surface area contributed by atoms with Crippen molar-refractivity contribution in [1.29, 1.82) is 0 Å². The molecule has 4 heteroatoms. The molecule has 3 heterocycles. The lowest BCUT2D eigenvalue weighted by Gasteiger charge is -2.31. The first-order valence-corrected chi connectivity index (χ1v) is 8.45. The molecule has 0 radical (unpaired) electrons. The van der Waals surface area contributed by atoms with Crippen molar-refractivity contribution in [2.45, 2.75) is 51.5 Å². The highest BCUT2D eigenvalue weighted by Gasteiger charge is 2.37. The molecule has 0 aromatic carbocycles. The third kappa shape index (κ3) is 2.31. The number of likely N-dealkylation sites (tertiary alicyclic amines) is 1. The first kappa shape index (κ1) is 13.8. The summed E-state index contributed by atoms with van der Waals surface area (Å²) in [5.74, 6) is 1.01. The molecular weight excluding hydrogens is 274 g/mol. The highest BCUT2D eigenvalue weighted by molar-refractivity contribution is 5.79. The fourth-order valence-corrected chi connectivity index (χ4v) is 4.26. The van der Waals surface area contributed by atoms with Crippen LogP contribution >= 0.6 is 0 Å². The van der Waals surface area contributed by atoms with Crippen LogP contribution in [0.1, 0.15) is 43.4 Å². The molecule has 2 aromatic heterocycles. The van der Waals surface area contributed by atoms with Crippen molar-refractivity contribution in [3.05, 3.63) is 35.8 Å². The summed E-state index contributed by atoms with van der Waals surface area (Å²) in [7, 11) is 0. The predicted molar refractivity (Wildman–Crippen MR) is 85.7 cm³/mol. The summed E-state index contributed by atoms with van der Waals surface area (Å²) in [6.45, 7) is 3.00. The number of hydrogen-bond donors (Lipinski definition) is 0. The van der Waals surface area contributed by atoms with Crippen molar-refractivity contribution < 1.29 is 4.79 Å². The van der Waals surface area contributed by atoms with Crippen LogP contribution in [0.2, 0.25) is 0 Å². The first-order valence-electron chi connectivity index (χ1n) is 8.45. The number of nitrogens with zero attached hydrogens (tertiary/aromatic N) is 3. The Morgan fingerprint density at radius 3 is 3.05 bits per heavy atom. The molecule has 0 spiro atoms. The van der Waals surface area contributed by atoms with Gasteiger partial charge in [0.1, 0.15) is 5.65 Å². The van der Waals surface area contributed by atoms with Gasteiger partial charge in [-0.2, -0.15) is 0 Å². The average Bonchev–Trinajstić information content (AvgIpc) is 3.11. The predicted octanol–water partition coefficient (Wildman–Crippen LogP) is 2.98. The summed E-state index contributed by atoms with van der Waals surface area (Å²) in [6.07, 6.45) is 10.7. The zero-order valence-corrected chi connectivity index (χ0v) is 13.2. The van der Waals surface area contributed by atoms with Gasteiger partial charge in [-0.3, -0.25) is 4.79 Å². The summed E-state index contributed by atoms with van der Waals surface area (Å²) >= 11 is 0. The van der Waals surface area contributed by atoms with E-state index in [1.807, 2.05) is 22.9 Å². The molecule has 22 heavy (non-hydrogen) atoms. The molecule has 4 rings (SSSR count). The van der Waals surface area contributed by atoms with Crippen LogP contribution in [0.4, 0.5) is 0 Å². The van der Waals surface area contributed by atoms with Gasteiger partial charge in [-0.15, -0.1) is 0 Å². The summed E-state index contributed by atoms with van der Waals surface area (Å²) in [4.78, 5) is 19.5. The van der Waals surface area contributed by atoms with Crippen molar-refractivity contribution >= 4 is 11.6 Å². The van der Waals surface area contributed by atoms with Crippen molar-refractivity contribution in [1.82, 2.24) is 14.3 Å². The summed E-state index contributed by atoms with van der Waals surface area (Å²) < 4.78 is 2.02. The molecule has 1 aliphatic carbocycles. The monoisotopic (exact) mass is 297 g/mol. The van der Waals surface area contributed by atoms with Crippen LogP contribution in [0.3, 0.4) is 0 Å². The van der Waals surface area contributed by atoms with Gasteiger partial charge in [-0.1, -0.05) is 18.9 Å². The number of aromatic nitrogens is 2. The lowest BCUT2D eigenvalue weighted by molar-refractivity contribution is -0.132. The number of carbonyl (C=O) groups is 1. The second-order valence-electron chi connectivity index (χ2n) is 6.82. The smallest absolute Gasteiger partial charge is 0.228 e. The molecule has 0 N–H and O–H groups in total. The van der Waals surface area contributed by atoms with Crippen LogP contribution in [0.25, 0.3) is 5.65 Å². The molecule has 2 aromatic rings. The normalized spacial score (nSPS) is 24.7. The third-order valence-corrected chi connectivity index (χ3v) is 5.39. The summed E-state index contributed by atoms with van der Waals surface area (Å²) in [6, 6.07) is 4.57. The van der Waals surface area contributed by atoms with E-state index in [4.69, 9.17) is 0 Å². The van der Waals surface area contributed by atoms with Gasteiger partial charge in [0, 0.05) is 25.0 Å². The topological polar surface area (TPSA) is 37.6 Å². The number of amides is 1. The zero-order chi connectivity index (χ0) is 15.1. The van der Waals surface area contributed by atoms with Crippen molar-refractivity contribution in [3.63, 3.8) is 0 Å². The molecular formula is C18H23N3O. The van der Waals surface area contributed by atoms with E-state index in [0.717, 1.165) is 29.4 Å². The highest BCUT2D eigenvalue weighted by Crippen LogP contribution is 2.36. The maximum Gasteiger partial charge on any atom is 0.228 e. The molecule has 1 saturated carbocycles. The van der Waals surface area contributed by atoms with Gasteiger partial charge in [-0.25, -0.2) is 4.98 Å². The Hall–Kier alpha value is -1.84. The van der Waals surface area contributed by atoms with Crippen LogP contribution in [-0.2, 0) is 11.2 Å². The molecule has 1 amide bonds. The van der Waals surface area contributed by atoms with Crippen molar-refractivity contribution in [2.24, 2.45) is 5.92 Å². The number of hydrogen-bond acceptors (Lipinski definition) is 2. The second-order valence-corrected chi connectivity index (χ2v) is 6.82. The van der Waals surface area contributed by atoms with E-state index in [2.05, 4.69) is 22.9 Å². The Morgan fingerprint density at radius 1 is 1.32 bits per heavy atom. The minimum absolute atomic E-state index is 0.260. The minimum atomic E-state index is 0.260. The number of rotatable bonds is 2. The highest BCUT2D eigenvalue weighted by atomic mass is 16.2. The van der Waals surface area contributed by atoms with Crippen LogP contribution in [0.5, 0.6) is 0 Å². The van der Waals surface area contributed by atoms with Crippen LogP contribution < -0.4 is 0 Å². The number of imidazole rings is 1. The van der Waals surface area contributed by atoms with Gasteiger partial charge in [0.25, 0.3) is 0 Å². The Kier molecular flexibility index (Phi) is 3.40. The summed E-state index contributed by atoms with van der Waals surface area (Å²) in [5, 5.41) is 0. The average molecular weight is 297 g/mol. The SMILES string of the molecule is Cc1cccn2cc(CC(=O)N3CC[C@H]4CCCC[C@@H]43)nc12. The molecule has 0 bridgehead atoms. The summed E-state index contributed by atoms with van der Waals surface area (Å²) in [5.41, 5.74) is 3.00. The van der Waals surface area contributed by atoms with Crippen LogP contribution in [0, 0.1) is 12.8 Å². The van der Waals surface area contributed by atoms with Crippen LogP contribution in [0.15, 0.2) is 24.5 Å². The maximum absolute atomic E-state index is 12.7. The Morgan fingerprint density at radius 2 is 2.18 bits per heavy atom. The standard InChI is InChI=1S/C18H23N3O/c1-13-5-4-9-20-12-15(19-18(13)20)11-17(22)21-10-8-14-6-2-3-7-16(14)21/h4-5,9,12,14,16H,2-3,6-8,10-11H2,1H3/t14-,16+/m1/s1. The number of pyridine rings is 1. The fourth-order valence-electron chi connectivity index (χ4n) is 4.26. The van der Waals surface area contributed by atoms with E-state index in [1.165, 1.54) is 32.1 Å². The lowest BCUT2D eigenvalue weighted by Crippen LogP contribution is -2.40. The number of carbonyl (C=O) groups excluding carboxylic acids is 1. The van der Waals surface area contributed by atoms with Gasteiger partial charge >= 0.3 is 0 Å². The molecule has 2 atom stereocenters. The Labute approximate surface area is 131 Å². The van der Waals surface area contributed by atoms with Crippen molar-refractivity contribution in [2.75, 3.05) is 6.54 Å². The third-order valence-electron chi connectivity index (χ3n) is 5.39. The maximum atomic E-state index is 12.7. The van der Waals surface area contributed by atoms with E-state index >= 15 is 0 Å². The van der Waals surface area contributed by atoms with Crippen molar-refractivity contribution in [3.8, 4) is 0 Å².